The highest BCUT2D eigenvalue weighted by Gasteiger charge is 2.05. The quantitative estimate of drug-likeness (QED) is 0.488. The Morgan fingerprint density at radius 2 is 2.00 bits per heavy atom. The molecule has 0 heterocycles. The zero-order chi connectivity index (χ0) is 16.7. The van der Waals surface area contributed by atoms with Crippen molar-refractivity contribution >= 4 is 17.8 Å². The molecule has 23 heavy (non-hydrogen) atoms. The lowest BCUT2D eigenvalue weighted by Crippen LogP contribution is -2.05. The molecule has 1 amide bonds. The number of methoxy groups -OCH3 is 1. The van der Waals surface area contributed by atoms with Gasteiger partial charge >= 0.3 is 0 Å². The van der Waals surface area contributed by atoms with E-state index in [2.05, 4.69) is 10.5 Å². The highest BCUT2D eigenvalue weighted by atomic mass is 16.5. The average molecular weight is 314 g/mol. The Balaban J connectivity index is 2.04. The van der Waals surface area contributed by atoms with Crippen LogP contribution in [0.3, 0.4) is 0 Å². The molecule has 0 radical (unpaired) electrons. The topological polar surface area (TPSA) is 80.2 Å². The van der Waals surface area contributed by atoms with Gasteiger partial charge in [-0.3, -0.25) is 4.79 Å². The predicted octanol–water partition coefficient (Wildman–Crippen LogP) is 3.04. The number of hydrogen-bond acceptors (Lipinski definition) is 5. The Morgan fingerprint density at radius 3 is 2.61 bits per heavy atom. The number of oxime groups is 1. The van der Waals surface area contributed by atoms with E-state index in [0.29, 0.717) is 18.1 Å². The van der Waals surface area contributed by atoms with Crippen molar-refractivity contribution in [2.24, 2.45) is 5.16 Å². The van der Waals surface area contributed by atoms with Gasteiger partial charge < -0.3 is 20.0 Å². The van der Waals surface area contributed by atoms with Crippen LogP contribution in [0.4, 0.5) is 5.69 Å². The number of carbonyl (C=O) groups excluding carboxylic acids is 1. The van der Waals surface area contributed by atoms with Gasteiger partial charge in [-0.1, -0.05) is 17.3 Å². The van der Waals surface area contributed by atoms with E-state index in [-0.39, 0.29) is 5.91 Å². The van der Waals surface area contributed by atoms with Crippen LogP contribution in [-0.2, 0) is 11.4 Å². The molecule has 0 saturated heterocycles. The molecule has 2 aromatic rings. The second kappa shape index (κ2) is 7.84. The Kier molecular flexibility index (Phi) is 5.57. The van der Waals surface area contributed by atoms with Crippen LogP contribution in [0, 0.1) is 0 Å². The van der Waals surface area contributed by atoms with E-state index in [9.17, 15) is 4.79 Å². The highest BCUT2D eigenvalue weighted by molar-refractivity contribution is 5.88. The first-order valence-corrected chi connectivity index (χ1v) is 6.97. The van der Waals surface area contributed by atoms with Crippen molar-refractivity contribution in [1.29, 1.82) is 0 Å². The van der Waals surface area contributed by atoms with Crippen molar-refractivity contribution in [3.05, 3.63) is 53.6 Å². The van der Waals surface area contributed by atoms with Gasteiger partial charge in [0.1, 0.15) is 18.1 Å². The minimum atomic E-state index is -0.116. The summed E-state index contributed by atoms with van der Waals surface area (Å²) in [5, 5.41) is 14.2. The average Bonchev–Trinajstić information content (AvgIpc) is 2.54. The standard InChI is InChI=1S/C17H18N2O4/c1-12(20)19-15-5-7-16(8-6-15)23-11-14-4-3-13(10-18-21)9-17(14)22-2/h3-10,21H,11H2,1-2H3,(H,19,20)/b18-10-. The Morgan fingerprint density at radius 1 is 1.26 bits per heavy atom. The second-order valence-corrected chi connectivity index (χ2v) is 4.81. The molecule has 6 heteroatoms. The summed E-state index contributed by atoms with van der Waals surface area (Å²) in [7, 11) is 1.57. The van der Waals surface area contributed by atoms with Crippen LogP contribution < -0.4 is 14.8 Å². The fourth-order valence-corrected chi connectivity index (χ4v) is 2.03. The molecule has 0 saturated carbocycles. The van der Waals surface area contributed by atoms with E-state index in [0.717, 1.165) is 16.8 Å². The number of hydrogen-bond donors (Lipinski definition) is 2. The maximum absolute atomic E-state index is 11.0. The highest BCUT2D eigenvalue weighted by Crippen LogP contribution is 2.23. The molecule has 120 valence electrons. The van der Waals surface area contributed by atoms with Crippen molar-refractivity contribution < 1.29 is 19.5 Å². The molecule has 0 unspecified atom stereocenters. The van der Waals surface area contributed by atoms with Crippen LogP contribution in [0.15, 0.2) is 47.6 Å². The van der Waals surface area contributed by atoms with Crippen LogP contribution >= 0.6 is 0 Å². The summed E-state index contributed by atoms with van der Waals surface area (Å²) < 4.78 is 11.0. The minimum absolute atomic E-state index is 0.116. The van der Waals surface area contributed by atoms with Crippen LogP contribution in [0.2, 0.25) is 0 Å². The fraction of sp³-hybridized carbons (Fsp3) is 0.176. The van der Waals surface area contributed by atoms with Gasteiger partial charge in [-0.05, 0) is 35.9 Å². The van der Waals surface area contributed by atoms with Gasteiger partial charge in [-0.25, -0.2) is 0 Å². The molecular weight excluding hydrogens is 296 g/mol. The van der Waals surface area contributed by atoms with Gasteiger partial charge in [0.15, 0.2) is 0 Å². The van der Waals surface area contributed by atoms with Gasteiger partial charge in [0.2, 0.25) is 5.91 Å². The first kappa shape index (κ1) is 16.4. The molecule has 0 spiro atoms. The van der Waals surface area contributed by atoms with Gasteiger partial charge in [0.25, 0.3) is 0 Å². The lowest BCUT2D eigenvalue weighted by molar-refractivity contribution is -0.114. The summed E-state index contributed by atoms with van der Waals surface area (Å²) >= 11 is 0. The lowest BCUT2D eigenvalue weighted by Gasteiger charge is -2.11. The SMILES string of the molecule is COc1cc(/C=N\O)ccc1COc1ccc(NC(C)=O)cc1. The Hall–Kier alpha value is -3.02. The van der Waals surface area contributed by atoms with E-state index in [1.807, 2.05) is 6.07 Å². The van der Waals surface area contributed by atoms with E-state index in [1.165, 1.54) is 13.1 Å². The number of ether oxygens (including phenoxy) is 2. The van der Waals surface area contributed by atoms with Gasteiger partial charge in [0.05, 0.1) is 13.3 Å². The maximum atomic E-state index is 11.0. The van der Waals surface area contributed by atoms with Crippen LogP contribution in [0.5, 0.6) is 11.5 Å². The van der Waals surface area contributed by atoms with Crippen molar-refractivity contribution in [3.8, 4) is 11.5 Å². The van der Waals surface area contributed by atoms with Gasteiger partial charge in [0, 0.05) is 18.2 Å². The van der Waals surface area contributed by atoms with Gasteiger partial charge in [-0.2, -0.15) is 0 Å². The molecule has 0 atom stereocenters. The largest absolute Gasteiger partial charge is 0.496 e. The third-order valence-electron chi connectivity index (χ3n) is 3.09. The van der Waals surface area contributed by atoms with Crippen LogP contribution in [0.25, 0.3) is 0 Å². The predicted molar refractivity (Wildman–Crippen MR) is 87.5 cm³/mol. The number of anilines is 1. The normalized spacial score (nSPS) is 10.5. The molecule has 6 nitrogen and oxygen atoms in total. The van der Waals surface area contributed by atoms with Crippen LogP contribution in [0.1, 0.15) is 18.1 Å². The first-order chi connectivity index (χ1) is 11.1. The fourth-order valence-electron chi connectivity index (χ4n) is 2.03. The number of nitrogens with one attached hydrogen (secondary N) is 1. The number of rotatable bonds is 6. The smallest absolute Gasteiger partial charge is 0.221 e. The first-order valence-electron chi connectivity index (χ1n) is 6.97. The number of nitrogens with zero attached hydrogens (tertiary/aromatic N) is 1. The molecule has 2 N–H and O–H groups in total. The third kappa shape index (κ3) is 4.74. The van der Waals surface area contributed by atoms with E-state index in [4.69, 9.17) is 14.7 Å². The maximum Gasteiger partial charge on any atom is 0.221 e. The molecule has 0 bridgehead atoms. The Labute approximate surface area is 134 Å². The van der Waals surface area contributed by atoms with E-state index < -0.39 is 0 Å². The minimum Gasteiger partial charge on any atom is -0.496 e. The molecule has 0 aliphatic heterocycles. The summed E-state index contributed by atoms with van der Waals surface area (Å²) in [4.78, 5) is 11.0. The Bertz CT molecular complexity index is 696. The zero-order valence-corrected chi connectivity index (χ0v) is 12.9. The summed E-state index contributed by atoms with van der Waals surface area (Å²) in [5.41, 5.74) is 2.32. The molecule has 2 rings (SSSR count). The van der Waals surface area contributed by atoms with Gasteiger partial charge in [-0.15, -0.1) is 0 Å². The van der Waals surface area contributed by atoms with Crippen molar-refractivity contribution in [2.75, 3.05) is 12.4 Å². The summed E-state index contributed by atoms with van der Waals surface area (Å²) in [6, 6.07) is 12.5. The van der Waals surface area contributed by atoms with Crippen molar-refractivity contribution in [1.82, 2.24) is 0 Å². The van der Waals surface area contributed by atoms with E-state index in [1.54, 1.807) is 43.5 Å². The molecular formula is C17H18N2O4. The zero-order valence-electron chi connectivity index (χ0n) is 12.9. The molecule has 0 aliphatic carbocycles. The monoisotopic (exact) mass is 314 g/mol. The summed E-state index contributed by atoms with van der Waals surface area (Å²) in [5.74, 6) is 1.22. The molecule has 0 aliphatic rings. The van der Waals surface area contributed by atoms with E-state index >= 15 is 0 Å². The summed E-state index contributed by atoms with van der Waals surface area (Å²) in [6.45, 7) is 1.79. The van der Waals surface area contributed by atoms with Crippen molar-refractivity contribution in [3.63, 3.8) is 0 Å². The molecule has 0 aromatic heterocycles. The number of amides is 1. The molecule has 2 aromatic carbocycles. The lowest BCUT2D eigenvalue weighted by atomic mass is 10.1. The van der Waals surface area contributed by atoms with Crippen LogP contribution in [-0.4, -0.2) is 24.4 Å². The summed E-state index contributed by atoms with van der Waals surface area (Å²) in [6.07, 6.45) is 1.33. The second-order valence-electron chi connectivity index (χ2n) is 4.81. The molecule has 0 fully saturated rings. The number of carbonyl (C=O) groups is 1. The third-order valence-corrected chi connectivity index (χ3v) is 3.09. The van der Waals surface area contributed by atoms with Crippen molar-refractivity contribution in [2.45, 2.75) is 13.5 Å². The number of benzene rings is 2.